The van der Waals surface area contributed by atoms with Gasteiger partial charge in [0.2, 0.25) is 5.91 Å². The highest BCUT2D eigenvalue weighted by Crippen LogP contribution is 2.24. The van der Waals surface area contributed by atoms with Crippen molar-refractivity contribution in [3.8, 4) is 0 Å². The van der Waals surface area contributed by atoms with Crippen LogP contribution < -0.4 is 10.2 Å². The third-order valence-electron chi connectivity index (χ3n) is 5.23. The molecule has 0 bridgehead atoms. The number of carbonyl (C=O) groups is 1. The van der Waals surface area contributed by atoms with Crippen molar-refractivity contribution in [1.82, 2.24) is 5.32 Å². The zero-order valence-corrected chi connectivity index (χ0v) is 16.3. The van der Waals surface area contributed by atoms with Crippen LogP contribution in [-0.2, 0) is 11.2 Å². The van der Waals surface area contributed by atoms with Crippen molar-refractivity contribution in [3.63, 3.8) is 0 Å². The summed E-state index contributed by atoms with van der Waals surface area (Å²) in [6.45, 7) is 6.60. The van der Waals surface area contributed by atoms with E-state index in [1.54, 1.807) is 0 Å². The van der Waals surface area contributed by atoms with E-state index in [1.165, 1.54) is 18.5 Å². The van der Waals surface area contributed by atoms with E-state index in [0.29, 0.717) is 11.4 Å². The summed E-state index contributed by atoms with van der Waals surface area (Å²) in [6, 6.07) is 16.0. The van der Waals surface area contributed by atoms with Crippen LogP contribution in [0.1, 0.15) is 43.9 Å². The lowest BCUT2D eigenvalue weighted by Gasteiger charge is -2.32. The molecule has 1 atom stereocenters. The number of benzene rings is 2. The molecule has 0 radical (unpaired) electrons. The number of halogens is 1. The molecule has 0 spiro atoms. The molecule has 26 heavy (non-hydrogen) atoms. The van der Waals surface area contributed by atoms with E-state index in [9.17, 15) is 4.79 Å². The molecular weight excluding hydrogens is 344 g/mol. The number of anilines is 1. The third-order valence-corrected chi connectivity index (χ3v) is 5.60. The molecule has 3 nitrogen and oxygen atoms in total. The van der Waals surface area contributed by atoms with Crippen LogP contribution in [0.4, 0.5) is 5.69 Å². The maximum Gasteiger partial charge on any atom is 0.224 e. The van der Waals surface area contributed by atoms with E-state index in [2.05, 4.69) is 41.4 Å². The molecule has 0 unspecified atom stereocenters. The van der Waals surface area contributed by atoms with Crippen LogP contribution in [0.25, 0.3) is 0 Å². The van der Waals surface area contributed by atoms with Crippen molar-refractivity contribution in [1.29, 1.82) is 0 Å². The van der Waals surface area contributed by atoms with Crippen LogP contribution in [0.15, 0.2) is 48.5 Å². The van der Waals surface area contributed by atoms with Gasteiger partial charge in [0.1, 0.15) is 0 Å². The summed E-state index contributed by atoms with van der Waals surface area (Å²) >= 11 is 6.14. The van der Waals surface area contributed by atoms with E-state index in [0.717, 1.165) is 30.1 Å². The lowest BCUT2D eigenvalue weighted by atomic mass is 9.98. The van der Waals surface area contributed by atoms with Gasteiger partial charge < -0.3 is 10.2 Å². The molecule has 1 saturated heterocycles. The molecule has 1 N–H and O–H groups in total. The zero-order valence-electron chi connectivity index (χ0n) is 15.5. The largest absolute Gasteiger partial charge is 0.372 e. The first-order valence-corrected chi connectivity index (χ1v) is 9.78. The second kappa shape index (κ2) is 8.59. The predicted molar refractivity (Wildman–Crippen MR) is 109 cm³/mol. The van der Waals surface area contributed by atoms with Crippen molar-refractivity contribution in [3.05, 3.63) is 64.7 Å². The average molecular weight is 371 g/mol. The van der Waals surface area contributed by atoms with E-state index in [4.69, 9.17) is 11.6 Å². The van der Waals surface area contributed by atoms with Crippen LogP contribution in [0.3, 0.4) is 0 Å². The molecule has 1 heterocycles. The van der Waals surface area contributed by atoms with Crippen molar-refractivity contribution in [2.75, 3.05) is 18.0 Å². The van der Waals surface area contributed by atoms with Gasteiger partial charge in [0.15, 0.2) is 0 Å². The van der Waals surface area contributed by atoms with E-state index in [1.807, 2.05) is 31.2 Å². The van der Waals surface area contributed by atoms with Crippen molar-refractivity contribution < 1.29 is 4.79 Å². The summed E-state index contributed by atoms with van der Waals surface area (Å²) in [7, 11) is 0. The number of nitrogens with one attached hydrogen (secondary N) is 1. The van der Waals surface area contributed by atoms with E-state index >= 15 is 0 Å². The highest BCUT2D eigenvalue weighted by Gasteiger charge is 2.17. The molecule has 0 saturated carbocycles. The fraction of sp³-hybridized carbons (Fsp3) is 0.409. The van der Waals surface area contributed by atoms with Crippen LogP contribution in [0, 0.1) is 5.92 Å². The fourth-order valence-electron chi connectivity index (χ4n) is 3.43. The number of carbonyl (C=O) groups excluding carboxylic acids is 1. The minimum absolute atomic E-state index is 0.0142. The quantitative estimate of drug-likeness (QED) is 0.803. The Morgan fingerprint density at radius 1 is 1.15 bits per heavy atom. The van der Waals surface area contributed by atoms with Gasteiger partial charge in [-0.25, -0.2) is 0 Å². The normalized spacial score (nSPS) is 16.3. The lowest BCUT2D eigenvalue weighted by molar-refractivity contribution is -0.121. The summed E-state index contributed by atoms with van der Waals surface area (Å²) in [4.78, 5) is 14.8. The average Bonchev–Trinajstić information content (AvgIpc) is 2.64. The van der Waals surface area contributed by atoms with Crippen LogP contribution >= 0.6 is 11.6 Å². The molecule has 0 aliphatic carbocycles. The lowest BCUT2D eigenvalue weighted by Crippen LogP contribution is -2.32. The number of hydrogen-bond donors (Lipinski definition) is 1. The molecule has 0 aromatic heterocycles. The molecule has 1 aliphatic rings. The first kappa shape index (κ1) is 18.8. The van der Waals surface area contributed by atoms with Gasteiger partial charge in [0.25, 0.3) is 0 Å². The molecule has 2 aromatic rings. The maximum absolute atomic E-state index is 12.3. The van der Waals surface area contributed by atoms with Crippen LogP contribution in [0.5, 0.6) is 0 Å². The second-order valence-electron chi connectivity index (χ2n) is 7.32. The Kier molecular flexibility index (Phi) is 6.20. The molecular formula is C22H27ClN2O. The number of hydrogen-bond acceptors (Lipinski definition) is 2. The molecule has 1 amide bonds. The van der Waals surface area contributed by atoms with Crippen molar-refractivity contribution in [2.24, 2.45) is 5.92 Å². The van der Waals surface area contributed by atoms with E-state index in [-0.39, 0.29) is 11.9 Å². The number of amides is 1. The highest BCUT2D eigenvalue weighted by molar-refractivity contribution is 6.31. The molecule has 1 fully saturated rings. The predicted octanol–water partition coefficient (Wildman–Crippen LogP) is 5.00. The molecule has 2 aromatic carbocycles. The number of piperidine rings is 1. The van der Waals surface area contributed by atoms with Gasteiger partial charge >= 0.3 is 0 Å². The van der Waals surface area contributed by atoms with Gasteiger partial charge in [-0.1, -0.05) is 48.9 Å². The zero-order chi connectivity index (χ0) is 18.5. The topological polar surface area (TPSA) is 32.3 Å². The Morgan fingerprint density at radius 3 is 2.46 bits per heavy atom. The Morgan fingerprint density at radius 2 is 1.81 bits per heavy atom. The molecule has 3 rings (SSSR count). The number of rotatable bonds is 5. The van der Waals surface area contributed by atoms with Crippen LogP contribution in [0.2, 0.25) is 5.02 Å². The van der Waals surface area contributed by atoms with Gasteiger partial charge in [0, 0.05) is 23.8 Å². The van der Waals surface area contributed by atoms with Crippen molar-refractivity contribution >= 4 is 23.2 Å². The summed E-state index contributed by atoms with van der Waals surface area (Å²) in [6.07, 6.45) is 2.82. The SMILES string of the molecule is CC1CCN(c2ccc([C@H](C)NC(=O)Cc3ccccc3Cl)cc2)CC1. The standard InChI is InChI=1S/C22H27ClN2O/c1-16-11-13-25(14-12-16)20-9-7-18(8-10-20)17(2)24-22(26)15-19-5-3-4-6-21(19)23/h3-10,16-17H,11-15H2,1-2H3,(H,24,26)/t17-/m0/s1. The van der Waals surface area contributed by atoms with Gasteiger partial charge in [-0.2, -0.15) is 0 Å². The molecule has 1 aliphatic heterocycles. The maximum atomic E-state index is 12.3. The Hall–Kier alpha value is -2.00. The summed E-state index contributed by atoms with van der Waals surface area (Å²) in [5, 5.41) is 3.70. The summed E-state index contributed by atoms with van der Waals surface area (Å²) in [5.74, 6) is 0.818. The first-order valence-electron chi connectivity index (χ1n) is 9.40. The van der Waals surface area contributed by atoms with Gasteiger partial charge in [-0.15, -0.1) is 0 Å². The monoisotopic (exact) mass is 370 g/mol. The summed E-state index contributed by atoms with van der Waals surface area (Å²) in [5.41, 5.74) is 3.25. The van der Waals surface area contributed by atoms with Gasteiger partial charge in [-0.05, 0) is 55.0 Å². The van der Waals surface area contributed by atoms with Crippen molar-refractivity contribution in [2.45, 2.75) is 39.2 Å². The fourth-order valence-corrected chi connectivity index (χ4v) is 3.63. The Labute approximate surface area is 161 Å². The van der Waals surface area contributed by atoms with E-state index < -0.39 is 0 Å². The number of nitrogens with zero attached hydrogens (tertiary/aromatic N) is 1. The summed E-state index contributed by atoms with van der Waals surface area (Å²) < 4.78 is 0. The highest BCUT2D eigenvalue weighted by atomic mass is 35.5. The van der Waals surface area contributed by atoms with Gasteiger partial charge in [0.05, 0.1) is 12.5 Å². The van der Waals surface area contributed by atoms with Crippen LogP contribution in [-0.4, -0.2) is 19.0 Å². The Balaban J connectivity index is 1.57. The first-order chi connectivity index (χ1) is 12.5. The second-order valence-corrected chi connectivity index (χ2v) is 7.73. The minimum Gasteiger partial charge on any atom is -0.372 e. The molecule has 138 valence electrons. The van der Waals surface area contributed by atoms with Gasteiger partial charge in [-0.3, -0.25) is 4.79 Å². The third kappa shape index (κ3) is 4.79. The minimum atomic E-state index is -0.0274. The molecule has 4 heteroatoms. The Bertz CT molecular complexity index is 736. The smallest absolute Gasteiger partial charge is 0.224 e.